The Bertz CT molecular complexity index is 366. The van der Waals surface area contributed by atoms with Gasteiger partial charge in [0.05, 0.1) is 18.3 Å². The Morgan fingerprint density at radius 3 is 2.44 bits per heavy atom. The molecule has 0 saturated carbocycles. The molecule has 2 nitrogen and oxygen atoms in total. The summed E-state index contributed by atoms with van der Waals surface area (Å²) in [6, 6.07) is 6.47. The zero-order chi connectivity index (χ0) is 11.8. The number of aryl methyl sites for hydroxylation is 2. The zero-order valence-electron chi connectivity index (χ0n) is 10.3. The topological polar surface area (TPSA) is 29.5 Å². The summed E-state index contributed by atoms with van der Waals surface area (Å²) < 4.78 is 5.87. The van der Waals surface area contributed by atoms with E-state index in [9.17, 15) is 5.11 Å². The van der Waals surface area contributed by atoms with Crippen LogP contribution in [0.4, 0.5) is 0 Å². The molecule has 2 heteroatoms. The largest absolute Gasteiger partial charge is 0.393 e. The molecular formula is C14H20O2. The number of hydrogen-bond acceptors (Lipinski definition) is 2. The van der Waals surface area contributed by atoms with Crippen LogP contribution >= 0.6 is 0 Å². The van der Waals surface area contributed by atoms with Crippen LogP contribution in [0.3, 0.4) is 0 Å². The highest BCUT2D eigenvalue weighted by molar-refractivity contribution is 5.32. The van der Waals surface area contributed by atoms with Gasteiger partial charge in [-0.05, 0) is 32.8 Å². The van der Waals surface area contributed by atoms with Crippen LogP contribution in [0, 0.1) is 13.8 Å². The van der Waals surface area contributed by atoms with Gasteiger partial charge in [-0.2, -0.15) is 0 Å². The molecular weight excluding hydrogens is 200 g/mol. The first kappa shape index (κ1) is 11.6. The predicted molar refractivity (Wildman–Crippen MR) is 64.5 cm³/mol. The lowest BCUT2D eigenvalue weighted by Crippen LogP contribution is -2.37. The van der Waals surface area contributed by atoms with Crippen LogP contribution in [0.5, 0.6) is 0 Å². The highest BCUT2D eigenvalue weighted by Crippen LogP contribution is 2.35. The molecule has 0 radical (unpaired) electrons. The maximum atomic E-state index is 9.76. The SMILES string of the molecule is Cc1cc(C)cc(C2(C)CC(O)CCO2)c1. The van der Waals surface area contributed by atoms with Crippen molar-refractivity contribution in [2.45, 2.75) is 45.3 Å². The van der Waals surface area contributed by atoms with Crippen molar-refractivity contribution < 1.29 is 9.84 Å². The normalized spacial score (nSPS) is 30.4. The van der Waals surface area contributed by atoms with E-state index in [1.54, 1.807) is 0 Å². The van der Waals surface area contributed by atoms with Gasteiger partial charge in [0.15, 0.2) is 0 Å². The smallest absolute Gasteiger partial charge is 0.0928 e. The second-order valence-corrected chi connectivity index (χ2v) is 5.10. The van der Waals surface area contributed by atoms with Crippen molar-refractivity contribution in [3.63, 3.8) is 0 Å². The molecule has 2 atom stereocenters. The van der Waals surface area contributed by atoms with Crippen molar-refractivity contribution in [3.8, 4) is 0 Å². The van der Waals surface area contributed by atoms with Crippen LogP contribution in [0.2, 0.25) is 0 Å². The van der Waals surface area contributed by atoms with Crippen LogP contribution < -0.4 is 0 Å². The summed E-state index contributed by atoms with van der Waals surface area (Å²) in [5.74, 6) is 0. The molecule has 1 N–H and O–H groups in total. The Morgan fingerprint density at radius 2 is 1.88 bits per heavy atom. The average Bonchev–Trinajstić information content (AvgIpc) is 2.15. The van der Waals surface area contributed by atoms with E-state index in [1.165, 1.54) is 16.7 Å². The van der Waals surface area contributed by atoms with Gasteiger partial charge in [-0.1, -0.05) is 29.3 Å². The average molecular weight is 220 g/mol. The van der Waals surface area contributed by atoms with E-state index in [-0.39, 0.29) is 11.7 Å². The van der Waals surface area contributed by atoms with Crippen LogP contribution in [-0.2, 0) is 10.3 Å². The first-order chi connectivity index (χ1) is 7.49. The van der Waals surface area contributed by atoms with E-state index in [0.717, 1.165) is 6.42 Å². The van der Waals surface area contributed by atoms with Gasteiger partial charge in [0.2, 0.25) is 0 Å². The molecule has 0 spiro atoms. The van der Waals surface area contributed by atoms with Crippen LogP contribution in [-0.4, -0.2) is 17.8 Å². The van der Waals surface area contributed by atoms with Crippen molar-refractivity contribution in [1.82, 2.24) is 0 Å². The summed E-state index contributed by atoms with van der Waals surface area (Å²) in [5, 5.41) is 9.76. The van der Waals surface area contributed by atoms with Gasteiger partial charge in [-0.25, -0.2) is 0 Å². The molecule has 16 heavy (non-hydrogen) atoms. The lowest BCUT2D eigenvalue weighted by Gasteiger charge is -2.37. The Morgan fingerprint density at radius 1 is 1.25 bits per heavy atom. The summed E-state index contributed by atoms with van der Waals surface area (Å²) in [4.78, 5) is 0. The summed E-state index contributed by atoms with van der Waals surface area (Å²) in [7, 11) is 0. The first-order valence-electron chi connectivity index (χ1n) is 5.90. The third kappa shape index (κ3) is 2.28. The van der Waals surface area contributed by atoms with Gasteiger partial charge in [0.1, 0.15) is 0 Å². The molecule has 2 unspecified atom stereocenters. The molecule has 1 aromatic carbocycles. The van der Waals surface area contributed by atoms with Crippen LogP contribution in [0.15, 0.2) is 18.2 Å². The molecule has 0 bridgehead atoms. The summed E-state index contributed by atoms with van der Waals surface area (Å²) in [6.45, 7) is 6.91. The highest BCUT2D eigenvalue weighted by Gasteiger charge is 2.34. The Balaban J connectivity index is 2.34. The Kier molecular flexibility index (Phi) is 3.04. The minimum atomic E-state index is -0.325. The monoisotopic (exact) mass is 220 g/mol. The minimum Gasteiger partial charge on any atom is -0.393 e. The van der Waals surface area contributed by atoms with Gasteiger partial charge in [0.25, 0.3) is 0 Å². The van der Waals surface area contributed by atoms with Crippen LogP contribution in [0.25, 0.3) is 0 Å². The number of rotatable bonds is 1. The van der Waals surface area contributed by atoms with E-state index < -0.39 is 0 Å². The highest BCUT2D eigenvalue weighted by atomic mass is 16.5. The van der Waals surface area contributed by atoms with Crippen molar-refractivity contribution in [3.05, 3.63) is 34.9 Å². The number of aliphatic hydroxyl groups excluding tert-OH is 1. The summed E-state index contributed by atoms with van der Waals surface area (Å²) in [5.41, 5.74) is 3.36. The minimum absolute atomic E-state index is 0.237. The maximum absolute atomic E-state index is 9.76. The lowest BCUT2D eigenvalue weighted by atomic mass is 9.85. The Hall–Kier alpha value is -0.860. The van der Waals surface area contributed by atoms with Crippen molar-refractivity contribution in [2.75, 3.05) is 6.61 Å². The molecule has 1 heterocycles. The first-order valence-corrected chi connectivity index (χ1v) is 5.90. The second kappa shape index (κ2) is 4.19. The van der Waals surface area contributed by atoms with Crippen LogP contribution in [0.1, 0.15) is 36.5 Å². The maximum Gasteiger partial charge on any atom is 0.0928 e. The van der Waals surface area contributed by atoms with E-state index in [4.69, 9.17) is 4.74 Å². The van der Waals surface area contributed by atoms with Gasteiger partial charge in [0, 0.05) is 6.42 Å². The third-order valence-electron chi connectivity index (χ3n) is 3.33. The molecule has 88 valence electrons. The molecule has 1 fully saturated rings. The fraction of sp³-hybridized carbons (Fsp3) is 0.571. The molecule has 1 aliphatic rings. The summed E-state index contributed by atoms with van der Waals surface area (Å²) >= 11 is 0. The quantitative estimate of drug-likeness (QED) is 0.788. The van der Waals surface area contributed by atoms with Gasteiger partial charge in [-0.15, -0.1) is 0 Å². The molecule has 0 aromatic heterocycles. The number of hydrogen-bond donors (Lipinski definition) is 1. The molecule has 0 amide bonds. The molecule has 1 aromatic rings. The fourth-order valence-electron chi connectivity index (χ4n) is 2.51. The Labute approximate surface area is 97.3 Å². The number of benzene rings is 1. The van der Waals surface area contributed by atoms with Crippen molar-refractivity contribution in [2.24, 2.45) is 0 Å². The van der Waals surface area contributed by atoms with E-state index in [0.29, 0.717) is 13.0 Å². The summed E-state index contributed by atoms with van der Waals surface area (Å²) in [6.07, 6.45) is 1.20. The van der Waals surface area contributed by atoms with Gasteiger partial charge < -0.3 is 9.84 Å². The predicted octanol–water partition coefficient (Wildman–Crippen LogP) is 2.69. The van der Waals surface area contributed by atoms with E-state index in [2.05, 4.69) is 39.0 Å². The zero-order valence-corrected chi connectivity index (χ0v) is 10.3. The van der Waals surface area contributed by atoms with Gasteiger partial charge >= 0.3 is 0 Å². The van der Waals surface area contributed by atoms with E-state index >= 15 is 0 Å². The van der Waals surface area contributed by atoms with E-state index in [1.807, 2.05) is 0 Å². The second-order valence-electron chi connectivity index (χ2n) is 5.10. The number of ether oxygens (including phenoxy) is 1. The third-order valence-corrected chi connectivity index (χ3v) is 3.33. The molecule has 1 aliphatic heterocycles. The molecule has 0 aliphatic carbocycles. The molecule has 2 rings (SSSR count). The van der Waals surface area contributed by atoms with Crippen molar-refractivity contribution in [1.29, 1.82) is 0 Å². The van der Waals surface area contributed by atoms with Crippen molar-refractivity contribution >= 4 is 0 Å². The molecule has 1 saturated heterocycles. The standard InChI is InChI=1S/C14H20O2/c1-10-6-11(2)8-12(7-10)14(3)9-13(15)4-5-16-14/h6-8,13,15H,4-5,9H2,1-3H3. The lowest BCUT2D eigenvalue weighted by molar-refractivity contribution is -0.112. The fourth-order valence-corrected chi connectivity index (χ4v) is 2.51. The van der Waals surface area contributed by atoms with Gasteiger partial charge in [-0.3, -0.25) is 0 Å². The number of aliphatic hydroxyl groups is 1.